The minimum atomic E-state index is -0.488. The minimum Gasteiger partial charge on any atom is -0.369 e. The van der Waals surface area contributed by atoms with Crippen molar-refractivity contribution in [3.63, 3.8) is 0 Å². The van der Waals surface area contributed by atoms with Crippen LogP contribution in [0.15, 0.2) is 85.3 Å². The fourth-order valence-electron chi connectivity index (χ4n) is 5.46. The summed E-state index contributed by atoms with van der Waals surface area (Å²) in [5.41, 5.74) is 3.29. The van der Waals surface area contributed by atoms with Gasteiger partial charge in [0.2, 0.25) is 5.91 Å². The van der Waals surface area contributed by atoms with Crippen molar-refractivity contribution in [1.29, 1.82) is 0 Å². The van der Waals surface area contributed by atoms with Crippen LogP contribution >= 0.6 is 0 Å². The van der Waals surface area contributed by atoms with E-state index in [4.69, 9.17) is 9.97 Å². The number of benzene rings is 2. The van der Waals surface area contributed by atoms with Gasteiger partial charge in [-0.1, -0.05) is 42.5 Å². The van der Waals surface area contributed by atoms with Gasteiger partial charge in [-0.15, -0.1) is 0 Å². The Kier molecular flexibility index (Phi) is 5.83. The van der Waals surface area contributed by atoms with Crippen LogP contribution in [0.3, 0.4) is 0 Å². The number of carbonyl (C=O) groups is 1. The zero-order valence-electron chi connectivity index (χ0n) is 21.1. The van der Waals surface area contributed by atoms with Crippen LogP contribution in [0.5, 0.6) is 0 Å². The van der Waals surface area contributed by atoms with Gasteiger partial charge < -0.3 is 14.6 Å². The summed E-state index contributed by atoms with van der Waals surface area (Å²) in [4.78, 5) is 29.8. The minimum absolute atomic E-state index is 0.183. The SMILES string of the molecule is CCN(CC)C(=O)C1(c2ccccc2)CC1CNc1nc(-c2ccc3nccn3c2)nc2ccccc12. The standard InChI is InChI=1S/C30H30N6O/c1-3-35(4-2)29(37)30(22-10-6-5-7-11-22)18-23(30)19-32-28-24-12-8-9-13-25(24)33-27(34-28)21-14-15-26-31-16-17-36(26)20-21/h5-17,20,23H,3-4,18-19H2,1-2H3,(H,32,33,34). The lowest BCUT2D eigenvalue weighted by Crippen LogP contribution is -2.40. The summed E-state index contributed by atoms with van der Waals surface area (Å²) in [5, 5.41) is 4.57. The van der Waals surface area contributed by atoms with Crippen molar-refractivity contribution < 1.29 is 4.79 Å². The molecule has 7 nitrogen and oxygen atoms in total. The molecule has 2 aromatic carbocycles. The number of hydrogen-bond acceptors (Lipinski definition) is 5. The number of hydrogen-bond donors (Lipinski definition) is 1. The molecule has 0 aliphatic heterocycles. The van der Waals surface area contributed by atoms with Crippen molar-refractivity contribution in [2.75, 3.05) is 25.0 Å². The molecule has 1 saturated carbocycles. The fourth-order valence-corrected chi connectivity index (χ4v) is 5.46. The summed E-state index contributed by atoms with van der Waals surface area (Å²) in [6, 6.07) is 22.2. The molecule has 1 aliphatic rings. The lowest BCUT2D eigenvalue weighted by molar-refractivity contribution is -0.134. The smallest absolute Gasteiger partial charge is 0.233 e. The van der Waals surface area contributed by atoms with Crippen LogP contribution in [-0.2, 0) is 10.2 Å². The number of pyridine rings is 1. The highest BCUT2D eigenvalue weighted by Crippen LogP contribution is 2.55. The topological polar surface area (TPSA) is 75.4 Å². The van der Waals surface area contributed by atoms with E-state index in [1.807, 2.05) is 90.1 Å². The molecular formula is C30H30N6O. The molecule has 7 heteroatoms. The van der Waals surface area contributed by atoms with Crippen LogP contribution in [-0.4, -0.2) is 49.8 Å². The Bertz CT molecular complexity index is 1580. The van der Waals surface area contributed by atoms with Crippen LogP contribution in [0.2, 0.25) is 0 Å². The summed E-state index contributed by atoms with van der Waals surface area (Å²) in [7, 11) is 0. The molecule has 3 aromatic heterocycles. The maximum absolute atomic E-state index is 13.7. The van der Waals surface area contributed by atoms with Crippen LogP contribution in [0.1, 0.15) is 25.8 Å². The van der Waals surface area contributed by atoms with E-state index < -0.39 is 5.41 Å². The van der Waals surface area contributed by atoms with Crippen LogP contribution < -0.4 is 5.32 Å². The quantitative estimate of drug-likeness (QED) is 0.324. The molecule has 0 radical (unpaired) electrons. The van der Waals surface area contributed by atoms with Gasteiger partial charge in [0.1, 0.15) is 11.5 Å². The number of nitrogens with zero attached hydrogens (tertiary/aromatic N) is 5. The van der Waals surface area contributed by atoms with E-state index >= 15 is 0 Å². The van der Waals surface area contributed by atoms with E-state index in [0.29, 0.717) is 25.5 Å². The zero-order chi connectivity index (χ0) is 25.4. The Labute approximate surface area is 216 Å². The Morgan fingerprint density at radius 2 is 1.81 bits per heavy atom. The monoisotopic (exact) mass is 490 g/mol. The first kappa shape index (κ1) is 23.2. The number of rotatable bonds is 8. The summed E-state index contributed by atoms with van der Waals surface area (Å²) in [6.07, 6.45) is 6.52. The number of fused-ring (bicyclic) bond motifs is 2. The number of likely N-dealkylation sites (N-methyl/N-ethyl adjacent to an activating group) is 1. The van der Waals surface area contributed by atoms with Gasteiger partial charge in [0.15, 0.2) is 5.82 Å². The number of imidazole rings is 1. The zero-order valence-corrected chi connectivity index (χ0v) is 21.1. The van der Waals surface area contributed by atoms with Crippen molar-refractivity contribution in [2.24, 2.45) is 5.92 Å². The Hall–Kier alpha value is -4.26. The molecule has 3 heterocycles. The van der Waals surface area contributed by atoms with E-state index in [0.717, 1.165) is 39.9 Å². The molecule has 1 N–H and O–H groups in total. The molecule has 1 fully saturated rings. The lowest BCUT2D eigenvalue weighted by Gasteiger charge is -2.26. The van der Waals surface area contributed by atoms with E-state index in [-0.39, 0.29) is 11.8 Å². The number of anilines is 1. The van der Waals surface area contributed by atoms with Gasteiger partial charge in [-0.3, -0.25) is 4.79 Å². The van der Waals surface area contributed by atoms with Crippen LogP contribution in [0, 0.1) is 5.92 Å². The van der Waals surface area contributed by atoms with Gasteiger partial charge in [0.25, 0.3) is 0 Å². The highest BCUT2D eigenvalue weighted by molar-refractivity contribution is 5.93. The summed E-state index contributed by atoms with van der Waals surface area (Å²) >= 11 is 0. The number of nitrogens with one attached hydrogen (secondary N) is 1. The van der Waals surface area contributed by atoms with E-state index in [2.05, 4.69) is 22.4 Å². The first-order valence-corrected chi connectivity index (χ1v) is 12.9. The number of aromatic nitrogens is 4. The normalized spacial score (nSPS) is 18.7. The average molecular weight is 491 g/mol. The maximum Gasteiger partial charge on any atom is 0.233 e. The molecule has 2 unspecified atom stereocenters. The Morgan fingerprint density at radius 3 is 2.62 bits per heavy atom. The molecule has 186 valence electrons. The molecule has 1 aliphatic carbocycles. The molecule has 5 aromatic rings. The highest BCUT2D eigenvalue weighted by atomic mass is 16.2. The number of amides is 1. The van der Waals surface area contributed by atoms with E-state index in [1.54, 1.807) is 6.20 Å². The predicted octanol–water partition coefficient (Wildman–Crippen LogP) is 5.18. The van der Waals surface area contributed by atoms with Crippen molar-refractivity contribution in [3.05, 3.63) is 90.9 Å². The second-order valence-corrected chi connectivity index (χ2v) is 9.62. The van der Waals surface area contributed by atoms with Crippen LogP contribution in [0.25, 0.3) is 27.9 Å². The van der Waals surface area contributed by atoms with Crippen molar-refractivity contribution in [1.82, 2.24) is 24.3 Å². The third-order valence-electron chi connectivity index (χ3n) is 7.59. The van der Waals surface area contributed by atoms with Gasteiger partial charge in [-0.25, -0.2) is 15.0 Å². The largest absolute Gasteiger partial charge is 0.369 e. The van der Waals surface area contributed by atoms with Crippen molar-refractivity contribution in [3.8, 4) is 11.4 Å². The molecule has 1 amide bonds. The maximum atomic E-state index is 13.7. The van der Waals surface area contributed by atoms with Gasteiger partial charge in [-0.2, -0.15) is 0 Å². The highest BCUT2D eigenvalue weighted by Gasteiger charge is 2.61. The molecular weight excluding hydrogens is 460 g/mol. The molecule has 6 rings (SSSR count). The van der Waals surface area contributed by atoms with E-state index in [9.17, 15) is 4.79 Å². The fraction of sp³-hybridized carbons (Fsp3) is 0.267. The van der Waals surface area contributed by atoms with Gasteiger partial charge >= 0.3 is 0 Å². The summed E-state index contributed by atoms with van der Waals surface area (Å²) in [6.45, 7) is 6.18. The molecule has 37 heavy (non-hydrogen) atoms. The predicted molar refractivity (Wildman–Crippen MR) is 146 cm³/mol. The third-order valence-corrected chi connectivity index (χ3v) is 7.59. The lowest BCUT2D eigenvalue weighted by atomic mass is 9.91. The van der Waals surface area contributed by atoms with Gasteiger partial charge in [0.05, 0.1) is 10.9 Å². The average Bonchev–Trinajstić information content (AvgIpc) is 3.50. The second-order valence-electron chi connectivity index (χ2n) is 9.62. The summed E-state index contributed by atoms with van der Waals surface area (Å²) in [5.74, 6) is 1.84. The molecule has 0 spiro atoms. The first-order chi connectivity index (χ1) is 18.1. The van der Waals surface area contributed by atoms with E-state index in [1.165, 1.54) is 0 Å². The molecule has 2 atom stereocenters. The van der Waals surface area contributed by atoms with Crippen molar-refractivity contribution >= 4 is 28.3 Å². The van der Waals surface area contributed by atoms with Gasteiger partial charge in [-0.05, 0) is 56.0 Å². The number of carbonyl (C=O) groups excluding carboxylic acids is 1. The van der Waals surface area contributed by atoms with Gasteiger partial charge in [0, 0.05) is 49.2 Å². The molecule has 0 saturated heterocycles. The second kappa shape index (κ2) is 9.32. The van der Waals surface area contributed by atoms with Crippen LogP contribution in [0.4, 0.5) is 5.82 Å². The first-order valence-electron chi connectivity index (χ1n) is 12.9. The Balaban J connectivity index is 1.33. The molecule has 0 bridgehead atoms. The summed E-state index contributed by atoms with van der Waals surface area (Å²) < 4.78 is 1.97. The van der Waals surface area contributed by atoms with Crippen molar-refractivity contribution in [2.45, 2.75) is 25.7 Å². The third kappa shape index (κ3) is 4.00. The Morgan fingerprint density at radius 1 is 1.03 bits per heavy atom. The number of para-hydroxylation sites is 1.